The second-order valence-electron chi connectivity index (χ2n) is 6.41. The summed E-state index contributed by atoms with van der Waals surface area (Å²) in [5.41, 5.74) is 1.81. The smallest absolute Gasteiger partial charge is 0.319 e. The molecular weight excluding hydrogens is 348 g/mol. The fraction of sp³-hybridized carbons (Fsp3) is 0.450. The monoisotopic (exact) mass is 374 g/mol. The van der Waals surface area contributed by atoms with E-state index in [0.717, 1.165) is 37.1 Å². The van der Waals surface area contributed by atoms with Crippen LogP contribution in [0, 0.1) is 0 Å². The third kappa shape index (κ3) is 6.44. The Morgan fingerprint density at radius 3 is 3.04 bits per heavy atom. The molecule has 1 atom stereocenters. The molecule has 3 rings (SSSR count). The summed E-state index contributed by atoms with van der Waals surface area (Å²) in [5, 5.41) is 7.80. The van der Waals surface area contributed by atoms with E-state index in [1.54, 1.807) is 11.3 Å². The number of amides is 2. The third-order valence-electron chi connectivity index (χ3n) is 4.27. The van der Waals surface area contributed by atoms with Crippen LogP contribution in [0.1, 0.15) is 29.7 Å². The highest BCUT2D eigenvalue weighted by Crippen LogP contribution is 2.15. The van der Waals surface area contributed by atoms with Crippen LogP contribution in [0.3, 0.4) is 0 Å². The van der Waals surface area contributed by atoms with Crippen molar-refractivity contribution in [1.29, 1.82) is 0 Å². The van der Waals surface area contributed by atoms with E-state index in [9.17, 15) is 4.79 Å². The molecule has 140 valence electrons. The van der Waals surface area contributed by atoms with Crippen molar-refractivity contribution in [3.63, 3.8) is 0 Å². The standard InChI is InChI=1S/C20H26N2O3S/c23-20(21-10-9-19-8-4-12-26-19)22-17-6-3-5-16(13-17)14-24-15-18-7-1-2-11-25-18/h3-6,8,12-13,18H,1-2,7,9-11,14-15H2,(H2,21,22,23). The molecule has 1 fully saturated rings. The lowest BCUT2D eigenvalue weighted by atomic mass is 10.1. The molecule has 1 aliphatic heterocycles. The summed E-state index contributed by atoms with van der Waals surface area (Å²) in [4.78, 5) is 13.3. The number of carbonyl (C=O) groups excluding carboxylic acids is 1. The number of anilines is 1. The Kier molecular flexibility index (Phi) is 7.49. The number of hydrogen-bond donors (Lipinski definition) is 2. The van der Waals surface area contributed by atoms with Gasteiger partial charge in [0.25, 0.3) is 0 Å². The number of thiophene rings is 1. The first-order valence-corrected chi connectivity index (χ1v) is 10.0. The zero-order valence-corrected chi connectivity index (χ0v) is 15.7. The molecule has 0 saturated carbocycles. The average molecular weight is 375 g/mol. The fourth-order valence-corrected chi connectivity index (χ4v) is 3.62. The summed E-state index contributed by atoms with van der Waals surface area (Å²) in [5.74, 6) is 0. The Morgan fingerprint density at radius 1 is 1.27 bits per heavy atom. The Bertz CT molecular complexity index is 669. The quantitative estimate of drug-likeness (QED) is 0.728. The Balaban J connectivity index is 1.37. The zero-order chi connectivity index (χ0) is 18.0. The highest BCUT2D eigenvalue weighted by Gasteiger charge is 2.13. The van der Waals surface area contributed by atoms with E-state index in [1.807, 2.05) is 35.7 Å². The largest absolute Gasteiger partial charge is 0.376 e. The van der Waals surface area contributed by atoms with Gasteiger partial charge >= 0.3 is 6.03 Å². The van der Waals surface area contributed by atoms with Crippen molar-refractivity contribution in [3.05, 3.63) is 52.2 Å². The van der Waals surface area contributed by atoms with Crippen LogP contribution < -0.4 is 10.6 Å². The van der Waals surface area contributed by atoms with Crippen LogP contribution in [0.15, 0.2) is 41.8 Å². The van der Waals surface area contributed by atoms with Gasteiger partial charge in [0, 0.05) is 23.7 Å². The molecule has 6 heteroatoms. The van der Waals surface area contributed by atoms with Gasteiger partial charge in [-0.05, 0) is 54.8 Å². The Labute approximate surface area is 158 Å². The second-order valence-corrected chi connectivity index (χ2v) is 7.45. The van der Waals surface area contributed by atoms with Gasteiger partial charge in [-0.2, -0.15) is 0 Å². The van der Waals surface area contributed by atoms with E-state index in [2.05, 4.69) is 16.7 Å². The highest BCUT2D eigenvalue weighted by atomic mass is 32.1. The lowest BCUT2D eigenvalue weighted by Crippen LogP contribution is -2.30. The number of rotatable bonds is 8. The van der Waals surface area contributed by atoms with Gasteiger partial charge in [-0.1, -0.05) is 18.2 Å². The van der Waals surface area contributed by atoms with E-state index < -0.39 is 0 Å². The number of ether oxygens (including phenoxy) is 2. The molecule has 1 aromatic heterocycles. The average Bonchev–Trinajstić information content (AvgIpc) is 3.16. The number of nitrogens with one attached hydrogen (secondary N) is 2. The van der Waals surface area contributed by atoms with Crippen LogP contribution in [0.5, 0.6) is 0 Å². The van der Waals surface area contributed by atoms with E-state index >= 15 is 0 Å². The van der Waals surface area contributed by atoms with Crippen molar-refractivity contribution < 1.29 is 14.3 Å². The van der Waals surface area contributed by atoms with Crippen molar-refractivity contribution in [1.82, 2.24) is 5.32 Å². The maximum absolute atomic E-state index is 12.0. The second kappa shape index (κ2) is 10.3. The van der Waals surface area contributed by atoms with Crippen molar-refractivity contribution in [3.8, 4) is 0 Å². The van der Waals surface area contributed by atoms with Gasteiger partial charge in [0.1, 0.15) is 0 Å². The molecule has 2 aromatic rings. The van der Waals surface area contributed by atoms with E-state index in [-0.39, 0.29) is 12.1 Å². The van der Waals surface area contributed by atoms with Gasteiger partial charge < -0.3 is 20.1 Å². The summed E-state index contributed by atoms with van der Waals surface area (Å²) < 4.78 is 11.4. The molecule has 2 N–H and O–H groups in total. The minimum Gasteiger partial charge on any atom is -0.376 e. The maximum Gasteiger partial charge on any atom is 0.319 e. The molecule has 26 heavy (non-hydrogen) atoms. The summed E-state index contributed by atoms with van der Waals surface area (Å²) in [7, 11) is 0. The van der Waals surface area contributed by atoms with Crippen LogP contribution in [0.25, 0.3) is 0 Å². The minimum absolute atomic E-state index is 0.185. The van der Waals surface area contributed by atoms with Crippen LogP contribution in [-0.4, -0.2) is 31.9 Å². The van der Waals surface area contributed by atoms with Gasteiger partial charge in [-0.3, -0.25) is 0 Å². The molecule has 1 aliphatic rings. The van der Waals surface area contributed by atoms with Gasteiger partial charge in [0.15, 0.2) is 0 Å². The molecule has 1 aromatic carbocycles. The SMILES string of the molecule is O=C(NCCc1cccs1)Nc1cccc(COCC2CCCCO2)c1. The summed E-state index contributed by atoms with van der Waals surface area (Å²) in [6.45, 7) is 2.61. The number of benzene rings is 1. The number of hydrogen-bond acceptors (Lipinski definition) is 4. The van der Waals surface area contributed by atoms with Crippen LogP contribution in [0.4, 0.5) is 10.5 Å². The maximum atomic E-state index is 12.0. The van der Waals surface area contributed by atoms with Gasteiger partial charge in [0.05, 0.1) is 19.3 Å². The summed E-state index contributed by atoms with van der Waals surface area (Å²) >= 11 is 1.70. The lowest BCUT2D eigenvalue weighted by Gasteiger charge is -2.22. The number of urea groups is 1. The van der Waals surface area contributed by atoms with E-state index in [0.29, 0.717) is 19.8 Å². The van der Waals surface area contributed by atoms with E-state index in [4.69, 9.17) is 9.47 Å². The van der Waals surface area contributed by atoms with Crippen molar-refractivity contribution >= 4 is 23.1 Å². The molecule has 1 saturated heterocycles. The van der Waals surface area contributed by atoms with Crippen LogP contribution >= 0.6 is 11.3 Å². The van der Waals surface area contributed by atoms with Crippen molar-refractivity contribution in [2.75, 3.05) is 25.1 Å². The summed E-state index contributed by atoms with van der Waals surface area (Å²) in [6, 6.07) is 11.7. The molecule has 0 radical (unpaired) electrons. The third-order valence-corrected chi connectivity index (χ3v) is 5.20. The first-order chi connectivity index (χ1) is 12.8. The van der Waals surface area contributed by atoms with Crippen molar-refractivity contribution in [2.24, 2.45) is 0 Å². The van der Waals surface area contributed by atoms with Crippen LogP contribution in [-0.2, 0) is 22.5 Å². The predicted octanol–water partition coefficient (Wildman–Crippen LogP) is 4.20. The molecule has 2 amide bonds. The van der Waals surface area contributed by atoms with Gasteiger partial charge in [-0.25, -0.2) is 4.79 Å². The molecule has 5 nitrogen and oxygen atoms in total. The molecular formula is C20H26N2O3S. The molecule has 2 heterocycles. The Morgan fingerprint density at radius 2 is 2.23 bits per heavy atom. The number of carbonyl (C=O) groups is 1. The zero-order valence-electron chi connectivity index (χ0n) is 14.9. The normalized spacial score (nSPS) is 17.0. The molecule has 0 spiro atoms. The molecule has 0 bridgehead atoms. The predicted molar refractivity (Wildman–Crippen MR) is 105 cm³/mol. The topological polar surface area (TPSA) is 59.6 Å². The summed E-state index contributed by atoms with van der Waals surface area (Å²) in [6.07, 6.45) is 4.52. The van der Waals surface area contributed by atoms with Crippen molar-refractivity contribution in [2.45, 2.75) is 38.4 Å². The molecule has 0 aliphatic carbocycles. The Hall–Kier alpha value is -1.89. The first-order valence-electron chi connectivity index (χ1n) is 9.15. The fourth-order valence-electron chi connectivity index (χ4n) is 2.92. The van der Waals surface area contributed by atoms with E-state index in [1.165, 1.54) is 11.3 Å². The first kappa shape index (κ1) is 18.9. The molecule has 1 unspecified atom stereocenters. The minimum atomic E-state index is -0.185. The lowest BCUT2D eigenvalue weighted by molar-refractivity contribution is -0.0447. The van der Waals surface area contributed by atoms with Gasteiger partial charge in [0.2, 0.25) is 0 Å². The highest BCUT2D eigenvalue weighted by molar-refractivity contribution is 7.09. The van der Waals surface area contributed by atoms with Gasteiger partial charge in [-0.15, -0.1) is 11.3 Å². The van der Waals surface area contributed by atoms with Crippen LogP contribution in [0.2, 0.25) is 0 Å².